The van der Waals surface area contributed by atoms with E-state index in [2.05, 4.69) is 0 Å². The summed E-state index contributed by atoms with van der Waals surface area (Å²) in [5.74, 6) is -6.07. The number of rotatable bonds is 7. The van der Waals surface area contributed by atoms with Crippen molar-refractivity contribution < 1.29 is 42.6 Å². The van der Waals surface area contributed by atoms with Crippen molar-refractivity contribution in [2.45, 2.75) is 24.9 Å². The summed E-state index contributed by atoms with van der Waals surface area (Å²) in [6.07, 6.45) is 0.950. The zero-order valence-electron chi connectivity index (χ0n) is 21.0. The van der Waals surface area contributed by atoms with Crippen LogP contribution < -0.4 is 10.6 Å². The molecule has 0 aromatic heterocycles. The third kappa shape index (κ3) is 7.96. The molecule has 2 saturated heterocycles. The Labute approximate surface area is 232 Å². The molecule has 214 valence electrons. The Morgan fingerprint density at radius 3 is 2.17 bits per heavy atom. The molecule has 0 aliphatic carbocycles. The fraction of sp³-hybridized carbons (Fsp3) is 0.308. The van der Waals surface area contributed by atoms with E-state index in [0.717, 1.165) is 11.8 Å². The molecule has 0 bridgehead atoms. The van der Waals surface area contributed by atoms with E-state index in [1.54, 1.807) is 39.0 Å². The van der Waals surface area contributed by atoms with Gasteiger partial charge in [0.2, 0.25) is 5.91 Å². The van der Waals surface area contributed by atoms with Crippen LogP contribution in [0.5, 0.6) is 0 Å². The molecule has 2 aliphatic rings. The average molecular weight is 583 g/mol. The number of carboxylic acid groups (broad SMARTS) is 2. The van der Waals surface area contributed by atoms with E-state index in [1.165, 1.54) is 0 Å². The van der Waals surface area contributed by atoms with Crippen molar-refractivity contribution in [3.05, 3.63) is 76.6 Å². The standard InChI is InChI=1S/C22H22ClF3N4O2.C4H4O4/c23-14-1-3-16(4-2-14)30-12-17-11-28(5-6-29(17)22(30)32)21(31)9-15(27)7-13-8-19(25)20(26)10-18(13)24;5-3(6)1-2-4(7)8/h1-4,8,10,15,17H,5-7,9,11-12,27H2;1-2H,(H,5,6)(H,7,8)/b;2-1+/t15-,17?;/m1./s1. The van der Waals surface area contributed by atoms with E-state index in [1.807, 2.05) is 0 Å². The van der Waals surface area contributed by atoms with Crippen LogP contribution in [0.25, 0.3) is 0 Å². The number of piperazine rings is 1. The number of halogens is 4. The van der Waals surface area contributed by atoms with Crippen LogP contribution in [0.3, 0.4) is 0 Å². The summed E-state index contributed by atoms with van der Waals surface area (Å²) in [5.41, 5.74) is 6.66. The van der Waals surface area contributed by atoms with Crippen LogP contribution >= 0.6 is 11.6 Å². The maximum absolute atomic E-state index is 13.9. The summed E-state index contributed by atoms with van der Waals surface area (Å²) in [5, 5.41) is 16.2. The zero-order valence-corrected chi connectivity index (χ0v) is 21.7. The van der Waals surface area contributed by atoms with E-state index in [9.17, 15) is 32.3 Å². The largest absolute Gasteiger partial charge is 0.478 e. The summed E-state index contributed by atoms with van der Waals surface area (Å²) >= 11 is 5.92. The summed E-state index contributed by atoms with van der Waals surface area (Å²) < 4.78 is 40.3. The number of carbonyl (C=O) groups excluding carboxylic acids is 2. The number of urea groups is 1. The van der Waals surface area contributed by atoms with Crippen LogP contribution in [0.1, 0.15) is 12.0 Å². The third-order valence-electron chi connectivity index (χ3n) is 6.22. The van der Waals surface area contributed by atoms with Crippen molar-refractivity contribution in [3.63, 3.8) is 0 Å². The number of fused-ring (bicyclic) bond motifs is 1. The van der Waals surface area contributed by atoms with Crippen molar-refractivity contribution in [2.24, 2.45) is 5.73 Å². The van der Waals surface area contributed by atoms with Gasteiger partial charge >= 0.3 is 18.0 Å². The normalized spacial score (nSPS) is 17.4. The lowest BCUT2D eigenvalue weighted by Crippen LogP contribution is -2.54. The van der Waals surface area contributed by atoms with Gasteiger partial charge in [0, 0.05) is 67.6 Å². The van der Waals surface area contributed by atoms with Gasteiger partial charge in [0.1, 0.15) is 5.82 Å². The van der Waals surface area contributed by atoms with Gasteiger partial charge in [-0.3, -0.25) is 9.69 Å². The number of benzene rings is 2. The first kappa shape index (κ1) is 30.4. The first-order chi connectivity index (χ1) is 18.8. The molecule has 1 unspecified atom stereocenters. The quantitative estimate of drug-likeness (QED) is 0.336. The van der Waals surface area contributed by atoms with Crippen LogP contribution in [0.15, 0.2) is 48.6 Å². The van der Waals surface area contributed by atoms with Crippen molar-refractivity contribution in [2.75, 3.05) is 31.1 Å². The predicted molar refractivity (Wildman–Crippen MR) is 138 cm³/mol. The lowest BCUT2D eigenvalue weighted by atomic mass is 10.0. The molecule has 0 spiro atoms. The average Bonchev–Trinajstić information content (AvgIpc) is 3.22. The van der Waals surface area contributed by atoms with Crippen LogP contribution in [0.4, 0.5) is 23.7 Å². The molecular formula is C26H26ClF3N4O6. The number of hydrogen-bond acceptors (Lipinski definition) is 5. The number of nitrogens with zero attached hydrogens (tertiary/aromatic N) is 3. The van der Waals surface area contributed by atoms with Gasteiger partial charge < -0.3 is 25.7 Å². The smallest absolute Gasteiger partial charge is 0.328 e. The Kier molecular flexibility index (Phi) is 10.1. The second kappa shape index (κ2) is 13.3. The molecular weight excluding hydrogens is 557 g/mol. The lowest BCUT2D eigenvalue weighted by molar-refractivity contribution is -0.134. The molecule has 2 aliphatic heterocycles. The van der Waals surface area contributed by atoms with E-state index in [0.29, 0.717) is 49.4 Å². The summed E-state index contributed by atoms with van der Waals surface area (Å²) in [6.45, 7) is 1.56. The summed E-state index contributed by atoms with van der Waals surface area (Å²) in [7, 11) is 0. The van der Waals surface area contributed by atoms with Crippen molar-refractivity contribution in [1.29, 1.82) is 0 Å². The van der Waals surface area contributed by atoms with Crippen molar-refractivity contribution >= 4 is 41.2 Å². The van der Waals surface area contributed by atoms with Gasteiger partial charge in [0.25, 0.3) is 0 Å². The first-order valence-corrected chi connectivity index (χ1v) is 12.4. The molecule has 0 radical (unpaired) electrons. The summed E-state index contributed by atoms with van der Waals surface area (Å²) in [4.78, 5) is 49.7. The Bertz CT molecular complexity index is 1290. The molecule has 2 fully saturated rings. The molecule has 2 aromatic carbocycles. The highest BCUT2D eigenvalue weighted by molar-refractivity contribution is 6.30. The highest BCUT2D eigenvalue weighted by atomic mass is 35.5. The molecule has 2 aromatic rings. The predicted octanol–water partition coefficient (Wildman–Crippen LogP) is 2.88. The fourth-order valence-corrected chi connectivity index (χ4v) is 4.47. The topological polar surface area (TPSA) is 144 Å². The fourth-order valence-electron chi connectivity index (χ4n) is 4.34. The minimum absolute atomic E-state index is 0.0694. The zero-order chi connectivity index (χ0) is 29.6. The highest BCUT2D eigenvalue weighted by Crippen LogP contribution is 2.27. The second-order valence-corrected chi connectivity index (χ2v) is 9.53. The van der Waals surface area contributed by atoms with Crippen molar-refractivity contribution in [1.82, 2.24) is 9.80 Å². The molecule has 4 rings (SSSR count). The molecule has 14 heteroatoms. The van der Waals surface area contributed by atoms with Gasteiger partial charge in [-0.15, -0.1) is 0 Å². The number of aliphatic carboxylic acids is 2. The number of nitrogens with two attached hydrogens (primary N) is 1. The Hall–Kier alpha value is -4.10. The minimum Gasteiger partial charge on any atom is -0.478 e. The van der Waals surface area contributed by atoms with E-state index in [4.69, 9.17) is 27.5 Å². The van der Waals surface area contributed by atoms with Gasteiger partial charge in [0.15, 0.2) is 11.6 Å². The Morgan fingerprint density at radius 2 is 1.57 bits per heavy atom. The van der Waals surface area contributed by atoms with Crippen molar-refractivity contribution in [3.8, 4) is 0 Å². The molecule has 0 saturated carbocycles. The monoisotopic (exact) mass is 582 g/mol. The van der Waals surface area contributed by atoms with Gasteiger partial charge in [-0.05, 0) is 42.3 Å². The van der Waals surface area contributed by atoms with E-state index >= 15 is 0 Å². The first-order valence-electron chi connectivity index (χ1n) is 12.0. The Balaban J connectivity index is 0.000000482. The van der Waals surface area contributed by atoms with Gasteiger partial charge in [-0.2, -0.15) is 0 Å². The Morgan fingerprint density at radius 1 is 0.975 bits per heavy atom. The maximum atomic E-state index is 13.9. The molecule has 2 heterocycles. The number of anilines is 1. The SMILES string of the molecule is N[C@@H](CC(=O)N1CCN2C(=O)N(c3ccc(Cl)cc3)CC2C1)Cc1cc(F)c(F)cc1F.O=C(O)/C=C/C(=O)O. The van der Waals surface area contributed by atoms with E-state index in [-0.39, 0.29) is 36.4 Å². The number of amides is 3. The lowest BCUT2D eigenvalue weighted by Gasteiger charge is -2.36. The minimum atomic E-state index is -1.27. The number of carboxylic acids is 2. The molecule has 4 N–H and O–H groups in total. The molecule has 40 heavy (non-hydrogen) atoms. The van der Waals surface area contributed by atoms with Crippen LogP contribution in [0, 0.1) is 17.5 Å². The second-order valence-electron chi connectivity index (χ2n) is 9.09. The van der Waals surface area contributed by atoms with Gasteiger partial charge in [0.05, 0.1) is 6.04 Å². The third-order valence-corrected chi connectivity index (χ3v) is 6.47. The van der Waals surface area contributed by atoms with Gasteiger partial charge in [-0.1, -0.05) is 11.6 Å². The highest BCUT2D eigenvalue weighted by Gasteiger charge is 2.42. The van der Waals surface area contributed by atoms with Gasteiger partial charge in [-0.25, -0.2) is 27.6 Å². The number of carbonyl (C=O) groups is 4. The number of hydrogen-bond donors (Lipinski definition) is 3. The van der Waals surface area contributed by atoms with E-state index < -0.39 is 35.4 Å². The van der Waals surface area contributed by atoms with Crippen LogP contribution in [-0.2, 0) is 20.8 Å². The van der Waals surface area contributed by atoms with Crippen LogP contribution in [-0.4, -0.2) is 82.2 Å². The molecule has 10 nitrogen and oxygen atoms in total. The molecule has 3 amide bonds. The summed E-state index contributed by atoms with van der Waals surface area (Å²) in [6, 6.07) is 7.20. The van der Waals surface area contributed by atoms with Crippen LogP contribution in [0.2, 0.25) is 5.02 Å². The molecule has 2 atom stereocenters. The maximum Gasteiger partial charge on any atom is 0.328 e.